The van der Waals surface area contributed by atoms with Crippen molar-refractivity contribution in [2.75, 3.05) is 64.9 Å². The molecule has 0 radical (unpaired) electrons. The SMILES string of the molecule is COCCN=C(Nc1cc(C(C)(C)C)ccc1O)N1CCN(CCO)CC1. The smallest absolute Gasteiger partial charge is 0.198 e. The van der Waals surface area contributed by atoms with Gasteiger partial charge in [0.1, 0.15) is 5.75 Å². The van der Waals surface area contributed by atoms with Gasteiger partial charge in [-0.2, -0.15) is 0 Å². The predicted molar refractivity (Wildman–Crippen MR) is 110 cm³/mol. The number of rotatable bonds is 6. The van der Waals surface area contributed by atoms with Gasteiger partial charge in [0, 0.05) is 39.8 Å². The molecule has 0 saturated carbocycles. The zero-order chi connectivity index (χ0) is 19.9. The number of benzene rings is 1. The minimum atomic E-state index is -0.00654. The fourth-order valence-corrected chi connectivity index (χ4v) is 3.01. The van der Waals surface area contributed by atoms with Gasteiger partial charge in [-0.15, -0.1) is 0 Å². The Morgan fingerprint density at radius 3 is 2.52 bits per heavy atom. The van der Waals surface area contributed by atoms with E-state index in [1.807, 2.05) is 12.1 Å². The van der Waals surface area contributed by atoms with E-state index in [1.54, 1.807) is 13.2 Å². The number of hydrogen-bond donors (Lipinski definition) is 3. The zero-order valence-electron chi connectivity index (χ0n) is 17.0. The molecular weight excluding hydrogens is 344 g/mol. The number of guanidine groups is 1. The van der Waals surface area contributed by atoms with Crippen LogP contribution in [0.1, 0.15) is 26.3 Å². The van der Waals surface area contributed by atoms with Crippen molar-refractivity contribution in [2.24, 2.45) is 4.99 Å². The summed E-state index contributed by atoms with van der Waals surface area (Å²) < 4.78 is 5.13. The van der Waals surface area contributed by atoms with E-state index in [0.717, 1.165) is 37.7 Å². The quantitative estimate of drug-likeness (QED) is 0.303. The normalized spacial score (nSPS) is 16.6. The predicted octanol–water partition coefficient (Wildman–Crippen LogP) is 1.71. The molecule has 1 heterocycles. The summed E-state index contributed by atoms with van der Waals surface area (Å²) in [5.74, 6) is 0.957. The molecule has 1 saturated heterocycles. The van der Waals surface area contributed by atoms with Gasteiger partial charge in [0.15, 0.2) is 5.96 Å². The van der Waals surface area contributed by atoms with Crippen molar-refractivity contribution in [1.29, 1.82) is 0 Å². The van der Waals surface area contributed by atoms with E-state index in [0.29, 0.717) is 25.4 Å². The summed E-state index contributed by atoms with van der Waals surface area (Å²) in [6.07, 6.45) is 0. The molecule has 0 spiro atoms. The number of methoxy groups -OCH3 is 1. The van der Waals surface area contributed by atoms with Crippen LogP contribution in [0.5, 0.6) is 5.75 Å². The second-order valence-corrected chi connectivity index (χ2v) is 7.86. The lowest BCUT2D eigenvalue weighted by molar-refractivity contribution is 0.146. The maximum atomic E-state index is 10.3. The second kappa shape index (κ2) is 9.92. The van der Waals surface area contributed by atoms with Crippen LogP contribution in [0.4, 0.5) is 5.69 Å². The lowest BCUT2D eigenvalue weighted by Gasteiger charge is -2.36. The summed E-state index contributed by atoms with van der Waals surface area (Å²) in [6, 6.07) is 5.67. The van der Waals surface area contributed by atoms with Crippen LogP contribution in [0.15, 0.2) is 23.2 Å². The molecule has 27 heavy (non-hydrogen) atoms. The minimum Gasteiger partial charge on any atom is -0.506 e. The molecule has 1 fully saturated rings. The highest BCUT2D eigenvalue weighted by Crippen LogP contribution is 2.31. The van der Waals surface area contributed by atoms with Crippen molar-refractivity contribution >= 4 is 11.6 Å². The van der Waals surface area contributed by atoms with Crippen LogP contribution in [0.2, 0.25) is 0 Å². The van der Waals surface area contributed by atoms with Gasteiger partial charge in [-0.3, -0.25) is 9.89 Å². The van der Waals surface area contributed by atoms with Crippen molar-refractivity contribution < 1.29 is 14.9 Å². The number of hydrogen-bond acceptors (Lipinski definition) is 5. The lowest BCUT2D eigenvalue weighted by Crippen LogP contribution is -2.51. The first kappa shape index (κ1) is 21.5. The zero-order valence-corrected chi connectivity index (χ0v) is 17.0. The first-order valence-electron chi connectivity index (χ1n) is 9.57. The average molecular weight is 379 g/mol. The first-order chi connectivity index (χ1) is 12.8. The Balaban J connectivity index is 2.17. The third-order valence-electron chi connectivity index (χ3n) is 4.75. The molecule has 152 valence electrons. The molecule has 2 rings (SSSR count). The highest BCUT2D eigenvalue weighted by Gasteiger charge is 2.21. The van der Waals surface area contributed by atoms with E-state index in [4.69, 9.17) is 9.84 Å². The van der Waals surface area contributed by atoms with Gasteiger partial charge < -0.3 is 25.2 Å². The number of aromatic hydroxyl groups is 1. The van der Waals surface area contributed by atoms with E-state index in [9.17, 15) is 5.11 Å². The van der Waals surface area contributed by atoms with Gasteiger partial charge in [-0.25, -0.2) is 0 Å². The molecule has 0 unspecified atom stereocenters. The van der Waals surface area contributed by atoms with Crippen molar-refractivity contribution in [3.63, 3.8) is 0 Å². The molecular formula is C20H34N4O3. The van der Waals surface area contributed by atoms with E-state index in [1.165, 1.54) is 0 Å². The minimum absolute atomic E-state index is 0.00654. The summed E-state index contributed by atoms with van der Waals surface area (Å²) in [5, 5.41) is 22.8. The first-order valence-corrected chi connectivity index (χ1v) is 9.57. The number of ether oxygens (including phenoxy) is 1. The molecule has 3 N–H and O–H groups in total. The summed E-state index contributed by atoms with van der Waals surface area (Å²) in [5.41, 5.74) is 1.80. The van der Waals surface area contributed by atoms with E-state index >= 15 is 0 Å². The molecule has 1 aliphatic heterocycles. The number of nitrogens with zero attached hydrogens (tertiary/aromatic N) is 3. The molecule has 1 aliphatic rings. The third-order valence-corrected chi connectivity index (χ3v) is 4.75. The number of anilines is 1. The molecule has 0 aromatic heterocycles. The maximum absolute atomic E-state index is 10.3. The van der Waals surface area contributed by atoms with E-state index in [2.05, 4.69) is 40.9 Å². The Hall–Kier alpha value is -1.83. The number of aliphatic imine (C=N–C) groups is 1. The standard InChI is InChI=1S/C20H34N4O3/c1-20(2,3)16-5-6-18(26)17(15-16)22-19(21-7-14-27-4)24-10-8-23(9-11-24)12-13-25/h5-6,15,25-26H,7-14H2,1-4H3,(H,21,22). The number of aliphatic hydroxyl groups is 1. The largest absolute Gasteiger partial charge is 0.506 e. The average Bonchev–Trinajstić information content (AvgIpc) is 2.62. The Morgan fingerprint density at radius 2 is 1.93 bits per heavy atom. The lowest BCUT2D eigenvalue weighted by atomic mass is 9.87. The molecule has 0 bridgehead atoms. The van der Waals surface area contributed by atoms with Crippen LogP contribution in [0, 0.1) is 0 Å². The molecule has 0 amide bonds. The molecule has 1 aromatic rings. The Bertz CT molecular complexity index is 620. The van der Waals surface area contributed by atoms with Gasteiger partial charge in [0.2, 0.25) is 0 Å². The fourth-order valence-electron chi connectivity index (χ4n) is 3.01. The van der Waals surface area contributed by atoms with Crippen LogP contribution in [0.25, 0.3) is 0 Å². The van der Waals surface area contributed by atoms with Crippen molar-refractivity contribution in [3.05, 3.63) is 23.8 Å². The summed E-state index contributed by atoms with van der Waals surface area (Å²) in [7, 11) is 1.66. The van der Waals surface area contributed by atoms with Gasteiger partial charge in [-0.1, -0.05) is 26.8 Å². The van der Waals surface area contributed by atoms with Crippen molar-refractivity contribution in [2.45, 2.75) is 26.2 Å². The summed E-state index contributed by atoms with van der Waals surface area (Å²) in [4.78, 5) is 9.09. The van der Waals surface area contributed by atoms with E-state index in [-0.39, 0.29) is 17.8 Å². The summed E-state index contributed by atoms with van der Waals surface area (Å²) in [6.45, 7) is 11.8. The highest BCUT2D eigenvalue weighted by molar-refractivity contribution is 5.95. The third kappa shape index (κ3) is 6.37. The Morgan fingerprint density at radius 1 is 1.22 bits per heavy atom. The highest BCUT2D eigenvalue weighted by atomic mass is 16.5. The van der Waals surface area contributed by atoms with Gasteiger partial charge in [0.25, 0.3) is 0 Å². The van der Waals surface area contributed by atoms with Gasteiger partial charge in [0.05, 0.1) is 25.4 Å². The van der Waals surface area contributed by atoms with Crippen LogP contribution in [0.3, 0.4) is 0 Å². The second-order valence-electron chi connectivity index (χ2n) is 7.86. The van der Waals surface area contributed by atoms with Crippen LogP contribution in [-0.2, 0) is 10.2 Å². The number of piperazine rings is 1. The van der Waals surface area contributed by atoms with Crippen LogP contribution >= 0.6 is 0 Å². The maximum Gasteiger partial charge on any atom is 0.198 e. The van der Waals surface area contributed by atoms with Gasteiger partial charge in [-0.05, 0) is 23.1 Å². The number of aliphatic hydroxyl groups excluding tert-OH is 1. The van der Waals surface area contributed by atoms with Crippen LogP contribution < -0.4 is 5.32 Å². The molecule has 0 atom stereocenters. The Labute approximate surface area is 162 Å². The number of β-amino-alcohol motifs (C(OH)–C–C–N with tert-alkyl or cyclic N) is 1. The molecule has 7 heteroatoms. The topological polar surface area (TPSA) is 80.6 Å². The molecule has 0 aliphatic carbocycles. The van der Waals surface area contributed by atoms with Crippen molar-refractivity contribution in [1.82, 2.24) is 9.80 Å². The number of nitrogens with one attached hydrogen (secondary N) is 1. The Kier molecular flexibility index (Phi) is 7.89. The van der Waals surface area contributed by atoms with E-state index < -0.39 is 0 Å². The fraction of sp³-hybridized carbons (Fsp3) is 0.650. The monoisotopic (exact) mass is 378 g/mol. The number of phenolic OH excluding ortho intramolecular Hbond substituents is 1. The molecule has 1 aromatic carbocycles. The van der Waals surface area contributed by atoms with Crippen LogP contribution in [-0.4, -0.2) is 85.6 Å². The molecule has 7 nitrogen and oxygen atoms in total. The number of phenols is 1. The van der Waals surface area contributed by atoms with Crippen molar-refractivity contribution in [3.8, 4) is 5.75 Å². The summed E-state index contributed by atoms with van der Waals surface area (Å²) >= 11 is 0. The van der Waals surface area contributed by atoms with Gasteiger partial charge >= 0.3 is 0 Å².